The SMILES string of the molecule is C=C(CS(=O)[O-])C(=O)OCCO. The van der Waals surface area contributed by atoms with Gasteiger partial charge in [0.05, 0.1) is 6.61 Å². The molecule has 0 aromatic rings. The van der Waals surface area contributed by atoms with Gasteiger partial charge in [-0.05, 0) is 0 Å². The van der Waals surface area contributed by atoms with Gasteiger partial charge in [0, 0.05) is 11.3 Å². The van der Waals surface area contributed by atoms with E-state index in [0.29, 0.717) is 0 Å². The van der Waals surface area contributed by atoms with E-state index in [1.165, 1.54) is 0 Å². The van der Waals surface area contributed by atoms with Crippen molar-refractivity contribution in [1.82, 2.24) is 0 Å². The number of ether oxygens (including phenoxy) is 1. The molecule has 5 nitrogen and oxygen atoms in total. The number of esters is 1. The van der Waals surface area contributed by atoms with Crippen molar-refractivity contribution in [1.29, 1.82) is 0 Å². The Morgan fingerprint density at radius 2 is 2.25 bits per heavy atom. The van der Waals surface area contributed by atoms with Crippen LogP contribution in [-0.4, -0.2) is 38.8 Å². The highest BCUT2D eigenvalue weighted by molar-refractivity contribution is 7.79. The third kappa shape index (κ3) is 5.00. The van der Waals surface area contributed by atoms with Gasteiger partial charge in [-0.15, -0.1) is 0 Å². The van der Waals surface area contributed by atoms with Crippen molar-refractivity contribution in [2.45, 2.75) is 0 Å². The van der Waals surface area contributed by atoms with Gasteiger partial charge in [0.2, 0.25) is 0 Å². The van der Waals surface area contributed by atoms with Crippen molar-refractivity contribution in [2.24, 2.45) is 0 Å². The molecule has 1 unspecified atom stereocenters. The maximum atomic E-state index is 10.7. The Morgan fingerprint density at radius 1 is 1.67 bits per heavy atom. The standard InChI is InChI=1S/C6H10O5S/c1-5(4-12(9)10)6(8)11-3-2-7/h7H,1-4H2,(H,9,10)/p-1. The monoisotopic (exact) mass is 193 g/mol. The number of hydrogen-bond donors (Lipinski definition) is 1. The minimum atomic E-state index is -2.33. The molecule has 12 heavy (non-hydrogen) atoms. The van der Waals surface area contributed by atoms with Crippen LogP contribution in [0.5, 0.6) is 0 Å². The van der Waals surface area contributed by atoms with Gasteiger partial charge < -0.3 is 14.4 Å². The lowest BCUT2D eigenvalue weighted by atomic mass is 10.4. The quantitative estimate of drug-likeness (QED) is 0.342. The van der Waals surface area contributed by atoms with E-state index in [9.17, 15) is 13.6 Å². The van der Waals surface area contributed by atoms with E-state index >= 15 is 0 Å². The van der Waals surface area contributed by atoms with Crippen molar-refractivity contribution < 1.29 is 23.4 Å². The van der Waals surface area contributed by atoms with E-state index < -0.39 is 22.8 Å². The van der Waals surface area contributed by atoms with Crippen LogP contribution in [0.1, 0.15) is 0 Å². The second-order valence-corrected chi connectivity index (χ2v) is 2.81. The number of hydrogen-bond acceptors (Lipinski definition) is 5. The smallest absolute Gasteiger partial charge is 0.334 e. The highest BCUT2D eigenvalue weighted by atomic mass is 32.2. The van der Waals surface area contributed by atoms with E-state index in [0.717, 1.165) is 0 Å². The van der Waals surface area contributed by atoms with E-state index in [-0.39, 0.29) is 18.8 Å². The third-order valence-electron chi connectivity index (χ3n) is 0.905. The molecule has 0 aliphatic carbocycles. The predicted octanol–water partition coefficient (Wildman–Crippen LogP) is -1.04. The Bertz CT molecular complexity index is 200. The highest BCUT2D eigenvalue weighted by Gasteiger charge is 2.07. The summed E-state index contributed by atoms with van der Waals surface area (Å²) >= 11 is -2.33. The summed E-state index contributed by atoms with van der Waals surface area (Å²) in [6.45, 7) is 2.76. The zero-order valence-electron chi connectivity index (χ0n) is 6.32. The summed E-state index contributed by atoms with van der Waals surface area (Å²) in [6, 6.07) is 0. The molecule has 1 N–H and O–H groups in total. The number of rotatable bonds is 5. The average Bonchev–Trinajstić information content (AvgIpc) is 1.98. The van der Waals surface area contributed by atoms with Gasteiger partial charge in [0.1, 0.15) is 6.61 Å². The van der Waals surface area contributed by atoms with E-state index in [1.807, 2.05) is 0 Å². The molecule has 0 spiro atoms. The Morgan fingerprint density at radius 3 is 2.67 bits per heavy atom. The molecule has 0 saturated heterocycles. The second kappa shape index (κ2) is 5.87. The topological polar surface area (TPSA) is 86.7 Å². The summed E-state index contributed by atoms with van der Waals surface area (Å²) in [6.07, 6.45) is 0. The van der Waals surface area contributed by atoms with E-state index in [1.54, 1.807) is 0 Å². The first-order chi connectivity index (χ1) is 5.57. The fraction of sp³-hybridized carbons (Fsp3) is 0.500. The molecule has 0 radical (unpaired) electrons. The van der Waals surface area contributed by atoms with Crippen LogP contribution in [0.2, 0.25) is 0 Å². The molecule has 0 aromatic carbocycles. The van der Waals surface area contributed by atoms with E-state index in [4.69, 9.17) is 5.11 Å². The minimum absolute atomic E-state index is 0.142. The Kier molecular flexibility index (Phi) is 5.52. The van der Waals surface area contributed by atoms with Crippen LogP contribution in [0.25, 0.3) is 0 Å². The molecule has 0 aromatic heterocycles. The summed E-state index contributed by atoms with van der Waals surface area (Å²) in [4.78, 5) is 10.7. The molecule has 1 atom stereocenters. The Hall–Kier alpha value is -0.720. The zero-order chi connectivity index (χ0) is 9.56. The molecule has 0 fully saturated rings. The summed E-state index contributed by atoms with van der Waals surface area (Å²) in [5.74, 6) is -1.24. The van der Waals surface area contributed by atoms with Gasteiger partial charge in [-0.1, -0.05) is 17.7 Å². The lowest BCUT2D eigenvalue weighted by Crippen LogP contribution is -2.14. The fourth-order valence-corrected chi connectivity index (χ4v) is 0.844. The largest absolute Gasteiger partial charge is 0.772 e. The minimum Gasteiger partial charge on any atom is -0.772 e. The van der Waals surface area contributed by atoms with Crippen molar-refractivity contribution >= 4 is 17.0 Å². The van der Waals surface area contributed by atoms with Crippen molar-refractivity contribution in [2.75, 3.05) is 19.0 Å². The van der Waals surface area contributed by atoms with Crippen LogP contribution < -0.4 is 0 Å². The summed E-state index contributed by atoms with van der Waals surface area (Å²) in [5, 5.41) is 8.25. The van der Waals surface area contributed by atoms with Crippen LogP contribution >= 0.6 is 0 Å². The van der Waals surface area contributed by atoms with Crippen molar-refractivity contribution in [3.05, 3.63) is 12.2 Å². The lowest BCUT2D eigenvalue weighted by Gasteiger charge is -2.07. The third-order valence-corrected chi connectivity index (χ3v) is 1.49. The molecule has 70 valence electrons. The maximum Gasteiger partial charge on any atom is 0.334 e. The highest BCUT2D eigenvalue weighted by Crippen LogP contribution is 1.95. The number of carbonyl (C=O) groups excluding carboxylic acids is 1. The maximum absolute atomic E-state index is 10.7. The molecular weight excluding hydrogens is 184 g/mol. The Labute approximate surface area is 72.3 Å². The van der Waals surface area contributed by atoms with Crippen LogP contribution in [0.15, 0.2) is 12.2 Å². The Balaban J connectivity index is 3.77. The van der Waals surface area contributed by atoms with Crippen LogP contribution in [0, 0.1) is 0 Å². The molecule has 0 bridgehead atoms. The van der Waals surface area contributed by atoms with Gasteiger partial charge in [-0.2, -0.15) is 0 Å². The van der Waals surface area contributed by atoms with Crippen molar-refractivity contribution in [3.63, 3.8) is 0 Å². The number of carbonyl (C=O) groups is 1. The molecule has 0 aliphatic heterocycles. The van der Waals surface area contributed by atoms with Gasteiger partial charge in [0.15, 0.2) is 0 Å². The molecule has 0 saturated carbocycles. The zero-order valence-corrected chi connectivity index (χ0v) is 7.13. The normalized spacial score (nSPS) is 12.2. The lowest BCUT2D eigenvalue weighted by molar-refractivity contribution is -0.139. The molecule has 6 heteroatoms. The number of aliphatic hydroxyl groups is 1. The number of aliphatic hydroxyl groups excluding tert-OH is 1. The van der Waals surface area contributed by atoms with E-state index in [2.05, 4.69) is 11.3 Å². The second-order valence-electron chi connectivity index (χ2n) is 1.91. The van der Waals surface area contributed by atoms with Gasteiger partial charge in [-0.3, -0.25) is 4.21 Å². The summed E-state index contributed by atoms with van der Waals surface area (Å²) < 4.78 is 24.5. The van der Waals surface area contributed by atoms with Crippen molar-refractivity contribution in [3.8, 4) is 0 Å². The summed E-state index contributed by atoms with van der Waals surface area (Å²) in [5.41, 5.74) is -0.142. The summed E-state index contributed by atoms with van der Waals surface area (Å²) in [7, 11) is 0. The molecular formula is C6H9O5S-. The first kappa shape index (κ1) is 11.3. The van der Waals surface area contributed by atoms with Crippen LogP contribution in [0.3, 0.4) is 0 Å². The van der Waals surface area contributed by atoms with Gasteiger partial charge >= 0.3 is 5.97 Å². The first-order valence-corrected chi connectivity index (χ1v) is 4.34. The fourth-order valence-electron chi connectivity index (χ4n) is 0.442. The average molecular weight is 193 g/mol. The first-order valence-electron chi connectivity index (χ1n) is 3.09. The van der Waals surface area contributed by atoms with Crippen LogP contribution in [0.4, 0.5) is 0 Å². The molecule has 0 rings (SSSR count). The van der Waals surface area contributed by atoms with Crippen LogP contribution in [-0.2, 0) is 20.6 Å². The molecule has 0 heterocycles. The van der Waals surface area contributed by atoms with Gasteiger partial charge in [0.25, 0.3) is 0 Å². The van der Waals surface area contributed by atoms with Gasteiger partial charge in [-0.25, -0.2) is 4.79 Å². The molecule has 0 amide bonds. The molecule has 0 aliphatic rings. The predicted molar refractivity (Wildman–Crippen MR) is 41.0 cm³/mol.